The SMILES string of the molecule is CCNC(c1cncc(C)c1)C12CC3CC(CC(C3)C1)C2. The Balaban J connectivity index is 1.70. The van der Waals surface area contributed by atoms with E-state index in [1.807, 2.05) is 6.20 Å². The van der Waals surface area contributed by atoms with E-state index in [1.54, 1.807) is 0 Å². The molecule has 2 nitrogen and oxygen atoms in total. The fourth-order valence-electron chi connectivity index (χ4n) is 6.16. The summed E-state index contributed by atoms with van der Waals surface area (Å²) < 4.78 is 0. The van der Waals surface area contributed by atoms with Crippen molar-refractivity contribution in [1.29, 1.82) is 0 Å². The van der Waals surface area contributed by atoms with Crippen molar-refractivity contribution in [3.63, 3.8) is 0 Å². The largest absolute Gasteiger partial charge is 0.310 e. The molecule has 4 aliphatic rings. The summed E-state index contributed by atoms with van der Waals surface area (Å²) in [4.78, 5) is 4.47. The first-order valence-corrected chi connectivity index (χ1v) is 8.83. The monoisotopic (exact) mass is 284 g/mol. The van der Waals surface area contributed by atoms with Crippen LogP contribution in [0.25, 0.3) is 0 Å². The van der Waals surface area contributed by atoms with Crippen LogP contribution in [0.4, 0.5) is 0 Å². The zero-order valence-electron chi connectivity index (χ0n) is 13.4. The maximum absolute atomic E-state index is 4.47. The Morgan fingerprint density at radius 2 is 1.76 bits per heavy atom. The van der Waals surface area contributed by atoms with E-state index < -0.39 is 0 Å². The van der Waals surface area contributed by atoms with E-state index in [0.29, 0.717) is 11.5 Å². The number of rotatable bonds is 4. The molecular formula is C19H28N2. The van der Waals surface area contributed by atoms with Crippen LogP contribution in [0.1, 0.15) is 62.6 Å². The van der Waals surface area contributed by atoms with Crippen molar-refractivity contribution in [3.05, 3.63) is 29.6 Å². The first-order chi connectivity index (χ1) is 10.2. The first kappa shape index (κ1) is 13.8. The highest BCUT2D eigenvalue weighted by molar-refractivity contribution is 5.24. The third-order valence-electron chi connectivity index (χ3n) is 6.34. The van der Waals surface area contributed by atoms with Crippen LogP contribution in [0.15, 0.2) is 18.5 Å². The number of hydrogen-bond donors (Lipinski definition) is 1. The molecule has 0 spiro atoms. The topological polar surface area (TPSA) is 24.9 Å². The maximum Gasteiger partial charge on any atom is 0.0392 e. The number of nitrogens with zero attached hydrogens (tertiary/aromatic N) is 1. The van der Waals surface area contributed by atoms with Gasteiger partial charge in [-0.3, -0.25) is 4.98 Å². The summed E-state index contributed by atoms with van der Waals surface area (Å²) in [5.74, 6) is 3.03. The van der Waals surface area contributed by atoms with Gasteiger partial charge >= 0.3 is 0 Å². The Kier molecular flexibility index (Phi) is 3.33. The van der Waals surface area contributed by atoms with Crippen LogP contribution < -0.4 is 5.32 Å². The molecule has 114 valence electrons. The molecule has 1 unspecified atom stereocenters. The predicted octanol–water partition coefficient (Wildman–Crippen LogP) is 4.26. The Hall–Kier alpha value is -0.890. The Labute approximate surface area is 128 Å². The lowest BCUT2D eigenvalue weighted by molar-refractivity contribution is -0.0746. The highest BCUT2D eigenvalue weighted by Crippen LogP contribution is 2.63. The van der Waals surface area contributed by atoms with Gasteiger partial charge in [0.05, 0.1) is 0 Å². The molecule has 0 amide bonds. The number of aryl methyl sites for hydroxylation is 1. The molecule has 2 heteroatoms. The van der Waals surface area contributed by atoms with Crippen LogP contribution >= 0.6 is 0 Å². The average molecular weight is 284 g/mol. The summed E-state index contributed by atoms with van der Waals surface area (Å²) in [5, 5.41) is 3.84. The Morgan fingerprint density at radius 1 is 1.14 bits per heavy atom. The molecule has 0 aliphatic heterocycles. The van der Waals surface area contributed by atoms with Crippen molar-refractivity contribution < 1.29 is 0 Å². The summed E-state index contributed by atoms with van der Waals surface area (Å²) in [7, 11) is 0. The highest BCUT2D eigenvalue weighted by atomic mass is 14.9. The summed E-state index contributed by atoms with van der Waals surface area (Å²) in [5.41, 5.74) is 3.24. The second-order valence-electron chi connectivity index (χ2n) is 8.07. The molecule has 4 aliphatic carbocycles. The van der Waals surface area contributed by atoms with Gasteiger partial charge in [-0.2, -0.15) is 0 Å². The van der Waals surface area contributed by atoms with Gasteiger partial charge in [-0.25, -0.2) is 0 Å². The zero-order valence-corrected chi connectivity index (χ0v) is 13.4. The standard InChI is InChI=1S/C19H28N2/c1-3-21-18(17-4-13(2)11-20-12-17)19-8-14-5-15(9-19)7-16(6-14)10-19/h4,11-12,14-16,18,21H,3,5-10H2,1-2H3. The van der Waals surface area contributed by atoms with E-state index in [1.165, 1.54) is 49.7 Å². The molecule has 1 aromatic rings. The van der Waals surface area contributed by atoms with Crippen LogP contribution in [0.2, 0.25) is 0 Å². The summed E-state index contributed by atoms with van der Waals surface area (Å²) >= 11 is 0. The van der Waals surface area contributed by atoms with Crippen molar-refractivity contribution in [2.24, 2.45) is 23.2 Å². The van der Waals surface area contributed by atoms with Gasteiger partial charge in [-0.15, -0.1) is 0 Å². The molecule has 1 N–H and O–H groups in total. The Bertz CT molecular complexity index is 487. The number of aromatic nitrogens is 1. The molecule has 1 aromatic heterocycles. The molecule has 21 heavy (non-hydrogen) atoms. The minimum absolute atomic E-state index is 0.514. The lowest BCUT2D eigenvalue weighted by Crippen LogP contribution is -2.52. The van der Waals surface area contributed by atoms with Gasteiger partial charge in [-0.05, 0) is 86.3 Å². The summed E-state index contributed by atoms with van der Waals surface area (Å²) in [6, 6.07) is 2.88. The quantitative estimate of drug-likeness (QED) is 0.893. The molecule has 4 saturated carbocycles. The molecular weight excluding hydrogens is 256 g/mol. The molecule has 4 fully saturated rings. The molecule has 0 aromatic carbocycles. The smallest absolute Gasteiger partial charge is 0.0392 e. The molecule has 4 bridgehead atoms. The summed E-state index contributed by atoms with van der Waals surface area (Å²) in [6.07, 6.45) is 13.0. The van der Waals surface area contributed by atoms with Gasteiger partial charge in [0.15, 0.2) is 0 Å². The van der Waals surface area contributed by atoms with Crippen molar-refractivity contribution in [1.82, 2.24) is 10.3 Å². The fraction of sp³-hybridized carbons (Fsp3) is 0.737. The maximum atomic E-state index is 4.47. The van der Waals surface area contributed by atoms with Crippen LogP contribution in [-0.4, -0.2) is 11.5 Å². The van der Waals surface area contributed by atoms with E-state index >= 15 is 0 Å². The summed E-state index contributed by atoms with van der Waals surface area (Å²) in [6.45, 7) is 5.47. The average Bonchev–Trinajstić information content (AvgIpc) is 2.43. The first-order valence-electron chi connectivity index (χ1n) is 8.83. The molecule has 5 rings (SSSR count). The Morgan fingerprint density at radius 3 is 2.29 bits per heavy atom. The third kappa shape index (κ3) is 2.32. The zero-order chi connectivity index (χ0) is 14.4. The van der Waals surface area contributed by atoms with Crippen molar-refractivity contribution >= 4 is 0 Å². The minimum atomic E-state index is 0.514. The van der Waals surface area contributed by atoms with Crippen LogP contribution in [0, 0.1) is 30.1 Å². The van der Waals surface area contributed by atoms with Gasteiger partial charge in [-0.1, -0.05) is 13.0 Å². The number of nitrogens with one attached hydrogen (secondary N) is 1. The van der Waals surface area contributed by atoms with E-state index in [9.17, 15) is 0 Å². The van der Waals surface area contributed by atoms with Crippen molar-refractivity contribution in [2.45, 2.75) is 58.4 Å². The van der Waals surface area contributed by atoms with E-state index in [4.69, 9.17) is 0 Å². The van der Waals surface area contributed by atoms with E-state index in [2.05, 4.69) is 36.4 Å². The minimum Gasteiger partial charge on any atom is -0.310 e. The van der Waals surface area contributed by atoms with Gasteiger partial charge < -0.3 is 5.32 Å². The van der Waals surface area contributed by atoms with Crippen molar-refractivity contribution in [2.75, 3.05) is 6.54 Å². The van der Waals surface area contributed by atoms with Crippen molar-refractivity contribution in [3.8, 4) is 0 Å². The van der Waals surface area contributed by atoms with Gasteiger partial charge in [0.25, 0.3) is 0 Å². The molecule has 0 radical (unpaired) electrons. The van der Waals surface area contributed by atoms with Gasteiger partial charge in [0.1, 0.15) is 0 Å². The van der Waals surface area contributed by atoms with Crippen LogP contribution in [0.3, 0.4) is 0 Å². The lowest BCUT2D eigenvalue weighted by atomic mass is 9.47. The fourth-order valence-corrected chi connectivity index (χ4v) is 6.16. The molecule has 1 atom stereocenters. The third-order valence-corrected chi connectivity index (χ3v) is 6.34. The van der Waals surface area contributed by atoms with Crippen LogP contribution in [0.5, 0.6) is 0 Å². The number of hydrogen-bond acceptors (Lipinski definition) is 2. The second-order valence-corrected chi connectivity index (χ2v) is 8.07. The van der Waals surface area contributed by atoms with Gasteiger partial charge in [0.2, 0.25) is 0 Å². The lowest BCUT2D eigenvalue weighted by Gasteiger charge is -2.59. The number of pyridine rings is 1. The normalized spacial score (nSPS) is 38.7. The molecule has 0 saturated heterocycles. The highest BCUT2D eigenvalue weighted by Gasteiger charge is 2.54. The van der Waals surface area contributed by atoms with E-state index in [-0.39, 0.29) is 0 Å². The molecule has 1 heterocycles. The predicted molar refractivity (Wildman–Crippen MR) is 86.0 cm³/mol. The second kappa shape index (κ2) is 5.08. The van der Waals surface area contributed by atoms with E-state index in [0.717, 1.165) is 24.3 Å². The van der Waals surface area contributed by atoms with Crippen LogP contribution in [-0.2, 0) is 0 Å². The van der Waals surface area contributed by atoms with Gasteiger partial charge in [0, 0.05) is 18.4 Å².